The van der Waals surface area contributed by atoms with Crippen molar-refractivity contribution in [3.8, 4) is 22.6 Å². The van der Waals surface area contributed by atoms with E-state index in [1.165, 1.54) is 20.3 Å². The molecule has 3 heterocycles. The molecule has 0 aliphatic rings. The second-order valence-electron chi connectivity index (χ2n) is 7.96. The van der Waals surface area contributed by atoms with Crippen LogP contribution < -0.4 is 14.4 Å². The zero-order valence-corrected chi connectivity index (χ0v) is 20.4. The Morgan fingerprint density at radius 3 is 2.60 bits per heavy atom. The molecule has 0 saturated heterocycles. The summed E-state index contributed by atoms with van der Waals surface area (Å²) >= 11 is 0. The molecule has 35 heavy (non-hydrogen) atoms. The van der Waals surface area contributed by atoms with E-state index < -0.39 is 5.82 Å². The second kappa shape index (κ2) is 10.3. The van der Waals surface area contributed by atoms with E-state index in [-0.39, 0.29) is 11.4 Å². The minimum absolute atomic E-state index is 0.0775. The molecule has 9 heteroatoms. The smallest absolute Gasteiger partial charge is 0.188 e. The first-order valence-corrected chi connectivity index (χ1v) is 11.0. The van der Waals surface area contributed by atoms with E-state index in [0.717, 1.165) is 27.7 Å². The average molecular weight is 475 g/mol. The fourth-order valence-corrected chi connectivity index (χ4v) is 3.68. The van der Waals surface area contributed by atoms with Crippen molar-refractivity contribution in [2.45, 2.75) is 13.8 Å². The lowest BCUT2D eigenvalue weighted by Crippen LogP contribution is -2.25. The number of hydrogen-bond acceptors (Lipinski definition) is 7. The molecule has 0 bridgehead atoms. The topological polar surface area (TPSA) is 77.7 Å². The Kier molecular flexibility index (Phi) is 7.05. The Bertz CT molecular complexity index is 1410. The van der Waals surface area contributed by atoms with E-state index >= 15 is 4.39 Å². The Hall–Kier alpha value is -4.27. The van der Waals surface area contributed by atoms with Gasteiger partial charge in [0.1, 0.15) is 11.6 Å². The number of methoxy groups -OCH3 is 2. The number of allylic oxidation sites excluding steroid dienone is 1. The third kappa shape index (κ3) is 5.13. The van der Waals surface area contributed by atoms with Crippen LogP contribution in [0.1, 0.15) is 13.8 Å². The highest BCUT2D eigenvalue weighted by atomic mass is 19.1. The van der Waals surface area contributed by atoms with Gasteiger partial charge >= 0.3 is 0 Å². The van der Waals surface area contributed by atoms with Crippen LogP contribution in [0.3, 0.4) is 0 Å². The quantitative estimate of drug-likeness (QED) is 0.322. The van der Waals surface area contributed by atoms with Gasteiger partial charge in [-0.25, -0.2) is 9.37 Å². The van der Waals surface area contributed by atoms with Gasteiger partial charge in [0.2, 0.25) is 0 Å². The number of rotatable bonds is 8. The summed E-state index contributed by atoms with van der Waals surface area (Å²) in [5, 5.41) is 5.10. The molecule has 8 nitrogen and oxygen atoms in total. The van der Waals surface area contributed by atoms with Crippen LogP contribution in [-0.2, 0) is 7.05 Å². The van der Waals surface area contributed by atoms with E-state index in [1.807, 2.05) is 45.3 Å². The van der Waals surface area contributed by atoms with Gasteiger partial charge in [0, 0.05) is 60.0 Å². The summed E-state index contributed by atoms with van der Waals surface area (Å²) in [6.07, 6.45) is 10.7. The molecule has 180 valence electrons. The number of benzene rings is 1. The number of hydrogen-bond donors (Lipinski definition) is 0. The minimum Gasteiger partial charge on any atom is -0.497 e. The highest BCUT2D eigenvalue weighted by molar-refractivity contribution is 5.91. The van der Waals surface area contributed by atoms with Crippen molar-refractivity contribution in [1.29, 1.82) is 0 Å². The number of halogens is 1. The van der Waals surface area contributed by atoms with Crippen molar-refractivity contribution in [2.24, 2.45) is 12.0 Å². The minimum atomic E-state index is -0.517. The molecule has 0 N–H and O–H groups in total. The second-order valence-corrected chi connectivity index (χ2v) is 7.96. The summed E-state index contributed by atoms with van der Waals surface area (Å²) in [5.41, 5.74) is 3.64. The maximum absolute atomic E-state index is 15.5. The third-order valence-corrected chi connectivity index (χ3v) is 5.44. The first-order chi connectivity index (χ1) is 16.9. The first-order valence-electron chi connectivity index (χ1n) is 11.0. The molecule has 0 aliphatic heterocycles. The zero-order chi connectivity index (χ0) is 24.9. The molecule has 1 aromatic carbocycles. The summed E-state index contributed by atoms with van der Waals surface area (Å²) < 4.78 is 27.9. The van der Waals surface area contributed by atoms with Gasteiger partial charge in [-0.3, -0.25) is 14.7 Å². The number of aryl methyl sites for hydroxylation is 1. The van der Waals surface area contributed by atoms with E-state index in [2.05, 4.69) is 20.1 Å². The number of ether oxygens (including phenoxy) is 2. The van der Waals surface area contributed by atoms with Gasteiger partial charge in [-0.05, 0) is 26.0 Å². The fraction of sp³-hybridized carbons (Fsp3) is 0.231. The lowest BCUT2D eigenvalue weighted by atomic mass is 10.1. The number of fused-ring (bicyclic) bond motifs is 1. The van der Waals surface area contributed by atoms with Gasteiger partial charge in [-0.1, -0.05) is 6.08 Å². The van der Waals surface area contributed by atoms with Crippen LogP contribution in [0.2, 0.25) is 0 Å². The van der Waals surface area contributed by atoms with E-state index in [9.17, 15) is 0 Å². The van der Waals surface area contributed by atoms with Crippen LogP contribution in [0.5, 0.6) is 11.5 Å². The highest BCUT2D eigenvalue weighted by Crippen LogP contribution is 2.37. The molecule has 0 radical (unpaired) electrons. The number of anilines is 2. The average Bonchev–Trinajstić information content (AvgIpc) is 3.32. The maximum Gasteiger partial charge on any atom is 0.188 e. The number of pyridine rings is 2. The zero-order valence-electron chi connectivity index (χ0n) is 20.4. The van der Waals surface area contributed by atoms with Crippen molar-refractivity contribution < 1.29 is 13.9 Å². The molecule has 3 aromatic heterocycles. The lowest BCUT2D eigenvalue weighted by Gasteiger charge is -2.25. The van der Waals surface area contributed by atoms with Crippen LogP contribution >= 0.6 is 0 Å². The standard InChI is InChI=1S/C26H27FN6O2/c1-6-7-28-17(2)15-33(23-10-21(34-4)11-24(35-5)26(23)27)25-9-18-8-19(12-29-22(18)14-30-25)20-13-31-32(3)16-20/h6-14,16H,15H2,1-5H3/b7-6-,28-17?. The number of aromatic nitrogens is 4. The molecule has 4 aromatic rings. The molecular weight excluding hydrogens is 447 g/mol. The fourth-order valence-electron chi connectivity index (χ4n) is 3.68. The molecule has 0 atom stereocenters. The SMILES string of the molecule is C/C=C\N=C(C)CN(c1cc2cc(-c3cnn(C)c3)cnc2cn1)c1cc(OC)cc(OC)c1F. The van der Waals surface area contributed by atoms with Crippen LogP contribution in [0.4, 0.5) is 15.9 Å². The Balaban J connectivity index is 1.86. The highest BCUT2D eigenvalue weighted by Gasteiger charge is 2.21. The number of nitrogens with zero attached hydrogens (tertiary/aromatic N) is 6. The number of aliphatic imine (C=N–C) groups is 1. The van der Waals surface area contributed by atoms with Crippen LogP contribution in [0.15, 0.2) is 66.3 Å². The van der Waals surface area contributed by atoms with Crippen molar-refractivity contribution >= 4 is 28.1 Å². The van der Waals surface area contributed by atoms with E-state index in [4.69, 9.17) is 9.47 Å². The molecular formula is C26H27FN6O2. The van der Waals surface area contributed by atoms with E-state index in [0.29, 0.717) is 18.1 Å². The Morgan fingerprint density at radius 1 is 1.09 bits per heavy atom. The third-order valence-electron chi connectivity index (χ3n) is 5.44. The van der Waals surface area contributed by atoms with Crippen LogP contribution in [-0.4, -0.2) is 46.2 Å². The molecule has 0 saturated carbocycles. The van der Waals surface area contributed by atoms with Gasteiger partial charge in [-0.15, -0.1) is 0 Å². The van der Waals surface area contributed by atoms with Gasteiger partial charge in [0.25, 0.3) is 0 Å². The van der Waals surface area contributed by atoms with Crippen LogP contribution in [0, 0.1) is 5.82 Å². The predicted octanol–water partition coefficient (Wildman–Crippen LogP) is 5.32. The summed E-state index contributed by atoms with van der Waals surface area (Å²) in [6.45, 7) is 4.07. The van der Waals surface area contributed by atoms with Crippen molar-refractivity contribution in [3.63, 3.8) is 0 Å². The molecule has 0 fully saturated rings. The van der Waals surface area contributed by atoms with Crippen molar-refractivity contribution in [2.75, 3.05) is 25.7 Å². The Morgan fingerprint density at radius 2 is 1.91 bits per heavy atom. The van der Waals surface area contributed by atoms with Gasteiger partial charge in [0.15, 0.2) is 11.6 Å². The monoisotopic (exact) mass is 474 g/mol. The van der Waals surface area contributed by atoms with Crippen molar-refractivity contribution in [3.05, 3.63) is 67.1 Å². The predicted molar refractivity (Wildman–Crippen MR) is 136 cm³/mol. The summed E-state index contributed by atoms with van der Waals surface area (Å²) in [5.74, 6) is 0.560. The van der Waals surface area contributed by atoms with Gasteiger partial charge in [-0.2, -0.15) is 5.10 Å². The van der Waals surface area contributed by atoms with E-state index in [1.54, 1.807) is 40.4 Å². The molecule has 0 unspecified atom stereocenters. The van der Waals surface area contributed by atoms with Gasteiger partial charge in [0.05, 0.1) is 44.4 Å². The molecule has 0 aliphatic carbocycles. The lowest BCUT2D eigenvalue weighted by molar-refractivity contribution is 0.374. The van der Waals surface area contributed by atoms with Crippen molar-refractivity contribution in [1.82, 2.24) is 19.7 Å². The summed E-state index contributed by atoms with van der Waals surface area (Å²) in [6, 6.07) is 7.04. The normalized spacial score (nSPS) is 11.9. The summed E-state index contributed by atoms with van der Waals surface area (Å²) in [7, 11) is 4.82. The summed E-state index contributed by atoms with van der Waals surface area (Å²) in [4.78, 5) is 15.3. The molecule has 4 rings (SSSR count). The van der Waals surface area contributed by atoms with Crippen LogP contribution in [0.25, 0.3) is 22.0 Å². The first kappa shape index (κ1) is 23.9. The molecule has 0 amide bonds. The maximum atomic E-state index is 15.5. The molecule has 0 spiro atoms. The van der Waals surface area contributed by atoms with Gasteiger partial charge < -0.3 is 14.4 Å². The largest absolute Gasteiger partial charge is 0.497 e. The Labute approximate surface area is 203 Å².